The summed E-state index contributed by atoms with van der Waals surface area (Å²) >= 11 is 0. The Labute approximate surface area is 148 Å². The summed E-state index contributed by atoms with van der Waals surface area (Å²) in [6.45, 7) is 5.41. The minimum absolute atomic E-state index is 0.0592. The van der Waals surface area contributed by atoms with E-state index >= 15 is 0 Å². The van der Waals surface area contributed by atoms with E-state index in [1.807, 2.05) is 17.9 Å². The molecule has 0 bridgehead atoms. The van der Waals surface area contributed by atoms with E-state index < -0.39 is 0 Å². The molecule has 2 N–H and O–H groups in total. The van der Waals surface area contributed by atoms with Crippen LogP contribution in [0, 0.1) is 19.3 Å². The lowest BCUT2D eigenvalue weighted by molar-refractivity contribution is -0.199. The normalized spacial score (nSPS) is 25.4. The van der Waals surface area contributed by atoms with Crippen LogP contribution < -0.4 is 0 Å². The van der Waals surface area contributed by atoms with Gasteiger partial charge in [-0.3, -0.25) is 4.79 Å². The number of aryl methyl sites for hydroxylation is 2. The number of nitrogens with one attached hydrogen (secondary N) is 1. The van der Waals surface area contributed by atoms with Gasteiger partial charge in [0.15, 0.2) is 0 Å². The second kappa shape index (κ2) is 5.85. The van der Waals surface area contributed by atoms with Crippen molar-refractivity contribution in [3.8, 4) is 0 Å². The van der Waals surface area contributed by atoms with Crippen molar-refractivity contribution >= 4 is 16.8 Å². The first-order valence-corrected chi connectivity index (χ1v) is 9.05. The van der Waals surface area contributed by atoms with Crippen molar-refractivity contribution in [2.75, 3.05) is 20.2 Å². The Morgan fingerprint density at radius 1 is 1.32 bits per heavy atom. The molecule has 0 unspecified atom stereocenters. The van der Waals surface area contributed by atoms with Crippen molar-refractivity contribution in [1.82, 2.24) is 9.88 Å². The number of hydrogen-bond acceptors (Lipinski definition) is 3. The van der Waals surface area contributed by atoms with Gasteiger partial charge in [-0.25, -0.2) is 0 Å². The number of piperidine rings is 1. The van der Waals surface area contributed by atoms with Crippen LogP contribution in [0.15, 0.2) is 18.2 Å². The zero-order valence-electron chi connectivity index (χ0n) is 15.1. The van der Waals surface area contributed by atoms with Gasteiger partial charge in [0.25, 0.3) is 5.91 Å². The number of aromatic nitrogens is 1. The number of aromatic amines is 1. The summed E-state index contributed by atoms with van der Waals surface area (Å²) in [4.78, 5) is 18.2. The first-order valence-electron chi connectivity index (χ1n) is 9.05. The lowest BCUT2D eigenvalue weighted by Gasteiger charge is -2.56. The third-order valence-corrected chi connectivity index (χ3v) is 6.44. The highest BCUT2D eigenvalue weighted by atomic mass is 16.5. The minimum atomic E-state index is -0.299. The van der Waals surface area contributed by atoms with Crippen LogP contribution in [0.4, 0.5) is 0 Å². The van der Waals surface area contributed by atoms with E-state index in [-0.39, 0.29) is 23.5 Å². The Balaban J connectivity index is 1.54. The van der Waals surface area contributed by atoms with Gasteiger partial charge in [-0.2, -0.15) is 0 Å². The number of hydrogen-bond donors (Lipinski definition) is 2. The number of rotatable bonds is 2. The number of H-pyrrole nitrogens is 1. The number of carbonyl (C=O) groups is 1. The number of fused-ring (bicyclic) bond motifs is 1. The van der Waals surface area contributed by atoms with Gasteiger partial charge in [0.1, 0.15) is 5.69 Å². The quantitative estimate of drug-likeness (QED) is 0.882. The third kappa shape index (κ3) is 2.41. The first-order chi connectivity index (χ1) is 12.0. The fourth-order valence-electron chi connectivity index (χ4n) is 4.65. The molecule has 1 aromatic heterocycles. The standard InChI is InChI=1S/C20H26N2O3/c1-12-4-5-15-14(10-12)13(2)18(21-15)19(24)22-8-6-20(7-9-22)16(23)11-17(20)25-3/h4-5,10,16-17,21,23H,6-9,11H2,1-3H3/t16-,17+/m0/s1. The predicted molar refractivity (Wildman–Crippen MR) is 96.8 cm³/mol. The summed E-state index contributed by atoms with van der Waals surface area (Å²) in [7, 11) is 1.71. The molecule has 1 aliphatic carbocycles. The number of amides is 1. The average Bonchev–Trinajstić information content (AvgIpc) is 2.95. The number of carbonyl (C=O) groups excluding carboxylic acids is 1. The van der Waals surface area contributed by atoms with Gasteiger partial charge in [-0.05, 0) is 44.4 Å². The molecule has 5 nitrogen and oxygen atoms in total. The van der Waals surface area contributed by atoms with Gasteiger partial charge < -0.3 is 19.7 Å². The van der Waals surface area contributed by atoms with Gasteiger partial charge in [0.05, 0.1) is 12.2 Å². The van der Waals surface area contributed by atoms with Crippen LogP contribution in [0.1, 0.15) is 40.9 Å². The summed E-state index contributed by atoms with van der Waals surface area (Å²) in [5, 5.41) is 11.4. The Bertz CT molecular complexity index is 818. The summed E-state index contributed by atoms with van der Waals surface area (Å²) < 4.78 is 5.53. The molecule has 2 atom stereocenters. The van der Waals surface area contributed by atoms with Crippen LogP contribution in [0.5, 0.6) is 0 Å². The van der Waals surface area contributed by atoms with Crippen molar-refractivity contribution in [1.29, 1.82) is 0 Å². The molecule has 1 spiro atoms. The number of methoxy groups -OCH3 is 1. The molecule has 1 amide bonds. The van der Waals surface area contributed by atoms with Crippen molar-refractivity contribution in [3.05, 3.63) is 35.0 Å². The zero-order valence-corrected chi connectivity index (χ0v) is 15.1. The number of aliphatic hydroxyl groups is 1. The molecule has 4 rings (SSSR count). The summed E-state index contributed by atoms with van der Waals surface area (Å²) in [5.41, 5.74) is 3.75. The summed E-state index contributed by atoms with van der Waals surface area (Å²) in [6, 6.07) is 6.21. The van der Waals surface area contributed by atoms with E-state index in [0.717, 1.165) is 29.3 Å². The van der Waals surface area contributed by atoms with Gasteiger partial charge in [-0.15, -0.1) is 0 Å². The number of ether oxygens (including phenoxy) is 1. The van der Waals surface area contributed by atoms with Gasteiger partial charge in [-0.1, -0.05) is 11.6 Å². The monoisotopic (exact) mass is 342 g/mol. The molecule has 1 saturated heterocycles. The van der Waals surface area contributed by atoms with Crippen LogP contribution in [0.25, 0.3) is 10.9 Å². The van der Waals surface area contributed by atoms with E-state index in [9.17, 15) is 9.90 Å². The highest BCUT2D eigenvalue weighted by Gasteiger charge is 2.56. The largest absolute Gasteiger partial charge is 0.392 e. The molecule has 1 aromatic carbocycles. The van der Waals surface area contributed by atoms with Crippen LogP contribution in [-0.2, 0) is 4.74 Å². The molecule has 2 fully saturated rings. The molecule has 134 valence electrons. The molecule has 2 heterocycles. The Morgan fingerprint density at radius 2 is 2.04 bits per heavy atom. The average molecular weight is 342 g/mol. The summed E-state index contributed by atoms with van der Waals surface area (Å²) in [6.07, 6.45) is 2.14. The predicted octanol–water partition coefficient (Wildman–Crippen LogP) is 2.79. The second-order valence-corrected chi connectivity index (χ2v) is 7.68. The highest BCUT2D eigenvalue weighted by Crippen LogP contribution is 2.50. The zero-order chi connectivity index (χ0) is 17.8. The van der Waals surface area contributed by atoms with E-state index in [2.05, 4.69) is 24.0 Å². The van der Waals surface area contributed by atoms with Gasteiger partial charge in [0, 0.05) is 42.9 Å². The molecule has 0 radical (unpaired) electrons. The smallest absolute Gasteiger partial charge is 0.270 e. The van der Waals surface area contributed by atoms with Crippen LogP contribution in [0.3, 0.4) is 0 Å². The molecule has 2 aliphatic rings. The molecule has 2 aromatic rings. The van der Waals surface area contributed by atoms with Crippen molar-refractivity contribution in [2.45, 2.75) is 45.3 Å². The third-order valence-electron chi connectivity index (χ3n) is 6.44. The number of benzene rings is 1. The summed E-state index contributed by atoms with van der Waals surface area (Å²) in [5.74, 6) is 0.0592. The SMILES string of the molecule is CO[C@@H]1C[C@H](O)C12CCN(C(=O)c1[nH]c3ccc(C)cc3c1C)CC2. The van der Waals surface area contributed by atoms with Crippen LogP contribution >= 0.6 is 0 Å². The fourth-order valence-corrected chi connectivity index (χ4v) is 4.65. The lowest BCUT2D eigenvalue weighted by Crippen LogP contribution is -2.62. The van der Waals surface area contributed by atoms with Crippen LogP contribution in [-0.4, -0.2) is 53.3 Å². The van der Waals surface area contributed by atoms with E-state index in [1.165, 1.54) is 5.56 Å². The molecule has 25 heavy (non-hydrogen) atoms. The number of nitrogens with zero attached hydrogens (tertiary/aromatic N) is 1. The van der Waals surface area contributed by atoms with E-state index in [0.29, 0.717) is 25.2 Å². The van der Waals surface area contributed by atoms with Crippen LogP contribution in [0.2, 0.25) is 0 Å². The van der Waals surface area contributed by atoms with E-state index in [1.54, 1.807) is 7.11 Å². The number of likely N-dealkylation sites (tertiary alicyclic amines) is 1. The molecule has 1 saturated carbocycles. The van der Waals surface area contributed by atoms with Crippen molar-refractivity contribution in [2.24, 2.45) is 5.41 Å². The minimum Gasteiger partial charge on any atom is -0.392 e. The highest BCUT2D eigenvalue weighted by molar-refractivity contribution is 6.01. The van der Waals surface area contributed by atoms with Crippen molar-refractivity contribution < 1.29 is 14.6 Å². The van der Waals surface area contributed by atoms with Gasteiger partial charge in [0.2, 0.25) is 0 Å². The Hall–Kier alpha value is -1.85. The topological polar surface area (TPSA) is 65.6 Å². The van der Waals surface area contributed by atoms with E-state index in [4.69, 9.17) is 4.74 Å². The molecular formula is C20H26N2O3. The molecular weight excluding hydrogens is 316 g/mol. The maximum atomic E-state index is 13.0. The molecule has 1 aliphatic heterocycles. The maximum absolute atomic E-state index is 13.0. The van der Waals surface area contributed by atoms with Gasteiger partial charge >= 0.3 is 0 Å². The second-order valence-electron chi connectivity index (χ2n) is 7.68. The lowest BCUT2D eigenvalue weighted by atomic mass is 9.58. The van der Waals surface area contributed by atoms with Crippen molar-refractivity contribution in [3.63, 3.8) is 0 Å². The Morgan fingerprint density at radius 3 is 2.68 bits per heavy atom. The number of aliphatic hydroxyl groups excluding tert-OH is 1. The molecule has 5 heteroatoms. The maximum Gasteiger partial charge on any atom is 0.270 e. The Kier molecular flexibility index (Phi) is 3.89. The first kappa shape index (κ1) is 16.6. The fraction of sp³-hybridized carbons (Fsp3) is 0.550.